The summed E-state index contributed by atoms with van der Waals surface area (Å²) in [5.74, 6) is -1.15. The van der Waals surface area contributed by atoms with Crippen LogP contribution >= 0.6 is 0 Å². The van der Waals surface area contributed by atoms with Gasteiger partial charge in [-0.25, -0.2) is 0 Å². The predicted molar refractivity (Wildman–Crippen MR) is 52.7 cm³/mol. The van der Waals surface area contributed by atoms with E-state index in [2.05, 4.69) is 5.32 Å². The number of carbonyl (C=O) groups is 2. The molecule has 0 bridgehead atoms. The second kappa shape index (κ2) is 6.37. The second-order valence-electron chi connectivity index (χ2n) is 3.34. The van der Waals surface area contributed by atoms with Gasteiger partial charge in [-0.15, -0.1) is 0 Å². The molecule has 0 spiro atoms. The fourth-order valence-electron chi connectivity index (χ4n) is 1.02. The highest BCUT2D eigenvalue weighted by Crippen LogP contribution is 2.05. The van der Waals surface area contributed by atoms with Crippen LogP contribution in [0.1, 0.15) is 26.7 Å². The van der Waals surface area contributed by atoms with E-state index < -0.39 is 12.0 Å². The van der Waals surface area contributed by atoms with Crippen molar-refractivity contribution in [2.24, 2.45) is 11.7 Å². The quantitative estimate of drug-likeness (QED) is 0.563. The molecule has 2 atom stereocenters. The molecule has 0 saturated carbocycles. The Balaban J connectivity index is 3.91. The standard InChI is InChI=1S/C9H18N2O3/c1-3-7(5-10)4-8(12)11-6(2)9(13)14/h6-7H,3-5,10H2,1-2H3,(H,11,12)(H,13,14)/t6-,7?/m0/s1. The molecule has 0 aliphatic rings. The Hall–Kier alpha value is -1.10. The summed E-state index contributed by atoms with van der Waals surface area (Å²) in [4.78, 5) is 21.7. The first-order chi connectivity index (χ1) is 6.51. The van der Waals surface area contributed by atoms with Gasteiger partial charge in [0.1, 0.15) is 6.04 Å². The highest BCUT2D eigenvalue weighted by Gasteiger charge is 2.16. The van der Waals surface area contributed by atoms with Crippen molar-refractivity contribution >= 4 is 11.9 Å². The molecular weight excluding hydrogens is 184 g/mol. The number of hydrogen-bond donors (Lipinski definition) is 3. The van der Waals surface area contributed by atoms with Gasteiger partial charge < -0.3 is 16.2 Å². The van der Waals surface area contributed by atoms with E-state index in [-0.39, 0.29) is 11.8 Å². The SMILES string of the molecule is CCC(CN)CC(=O)N[C@@H](C)C(=O)O. The van der Waals surface area contributed by atoms with Crippen molar-refractivity contribution in [2.45, 2.75) is 32.7 Å². The molecule has 0 aromatic rings. The lowest BCUT2D eigenvalue weighted by atomic mass is 10.0. The van der Waals surface area contributed by atoms with Gasteiger partial charge in [0.05, 0.1) is 0 Å². The molecule has 0 radical (unpaired) electrons. The van der Waals surface area contributed by atoms with Crippen molar-refractivity contribution in [1.29, 1.82) is 0 Å². The van der Waals surface area contributed by atoms with Crippen molar-refractivity contribution in [3.63, 3.8) is 0 Å². The largest absolute Gasteiger partial charge is 0.480 e. The number of carboxylic acid groups (broad SMARTS) is 1. The molecule has 5 nitrogen and oxygen atoms in total. The number of amides is 1. The van der Waals surface area contributed by atoms with E-state index in [9.17, 15) is 9.59 Å². The summed E-state index contributed by atoms with van der Waals surface area (Å²) in [5.41, 5.74) is 5.43. The van der Waals surface area contributed by atoms with E-state index in [0.29, 0.717) is 13.0 Å². The number of aliphatic carboxylic acids is 1. The molecular formula is C9H18N2O3. The van der Waals surface area contributed by atoms with Gasteiger partial charge in [0, 0.05) is 6.42 Å². The van der Waals surface area contributed by atoms with Crippen molar-refractivity contribution in [2.75, 3.05) is 6.54 Å². The Bertz CT molecular complexity index is 202. The number of nitrogens with two attached hydrogens (primary N) is 1. The average molecular weight is 202 g/mol. The lowest BCUT2D eigenvalue weighted by Crippen LogP contribution is -2.39. The third-order valence-corrected chi connectivity index (χ3v) is 2.13. The number of carboxylic acids is 1. The summed E-state index contributed by atoms with van der Waals surface area (Å²) in [7, 11) is 0. The first-order valence-electron chi connectivity index (χ1n) is 4.73. The predicted octanol–water partition coefficient (Wildman–Crippen LogP) is -0.0493. The normalized spacial score (nSPS) is 14.5. The van der Waals surface area contributed by atoms with Crippen LogP contribution in [0, 0.1) is 5.92 Å². The van der Waals surface area contributed by atoms with E-state index in [1.165, 1.54) is 6.92 Å². The minimum atomic E-state index is -1.03. The number of nitrogens with one attached hydrogen (secondary N) is 1. The zero-order valence-corrected chi connectivity index (χ0v) is 8.62. The molecule has 0 saturated heterocycles. The van der Waals surface area contributed by atoms with Gasteiger partial charge in [-0.1, -0.05) is 13.3 Å². The Kier molecular flexibility index (Phi) is 5.87. The van der Waals surface area contributed by atoms with Crippen molar-refractivity contribution in [3.8, 4) is 0 Å². The summed E-state index contributed by atoms with van der Waals surface area (Å²) in [6.45, 7) is 3.83. The molecule has 4 N–H and O–H groups in total. The third kappa shape index (κ3) is 4.81. The van der Waals surface area contributed by atoms with Gasteiger partial charge in [0.25, 0.3) is 0 Å². The van der Waals surface area contributed by atoms with Crippen LogP contribution in [0.4, 0.5) is 0 Å². The van der Waals surface area contributed by atoms with Gasteiger partial charge in [0.2, 0.25) is 5.91 Å². The highest BCUT2D eigenvalue weighted by molar-refractivity contribution is 5.83. The summed E-state index contributed by atoms with van der Waals surface area (Å²) in [6.07, 6.45) is 1.12. The van der Waals surface area contributed by atoms with Crippen LogP contribution in [0.2, 0.25) is 0 Å². The van der Waals surface area contributed by atoms with Crippen LogP contribution in [0.25, 0.3) is 0 Å². The van der Waals surface area contributed by atoms with Crippen LogP contribution in [-0.2, 0) is 9.59 Å². The monoisotopic (exact) mass is 202 g/mol. The molecule has 0 aliphatic carbocycles. The summed E-state index contributed by atoms with van der Waals surface area (Å²) in [6, 6.07) is -0.835. The number of rotatable bonds is 6. The van der Waals surface area contributed by atoms with E-state index >= 15 is 0 Å². The smallest absolute Gasteiger partial charge is 0.325 e. The van der Waals surface area contributed by atoms with Crippen LogP contribution in [0.3, 0.4) is 0 Å². The van der Waals surface area contributed by atoms with E-state index in [4.69, 9.17) is 10.8 Å². The lowest BCUT2D eigenvalue weighted by molar-refractivity contribution is -0.141. The van der Waals surface area contributed by atoms with Crippen LogP contribution < -0.4 is 11.1 Å². The molecule has 14 heavy (non-hydrogen) atoms. The maximum absolute atomic E-state index is 11.3. The van der Waals surface area contributed by atoms with Crippen LogP contribution in [-0.4, -0.2) is 29.6 Å². The van der Waals surface area contributed by atoms with Crippen LogP contribution in [0.5, 0.6) is 0 Å². The first kappa shape index (κ1) is 12.9. The molecule has 0 rings (SSSR count). The molecule has 1 unspecified atom stereocenters. The van der Waals surface area contributed by atoms with Gasteiger partial charge in [-0.05, 0) is 19.4 Å². The Morgan fingerprint density at radius 3 is 2.43 bits per heavy atom. The van der Waals surface area contributed by atoms with Crippen molar-refractivity contribution < 1.29 is 14.7 Å². The number of hydrogen-bond acceptors (Lipinski definition) is 3. The molecule has 0 heterocycles. The summed E-state index contributed by atoms with van der Waals surface area (Å²) in [5, 5.41) is 10.9. The summed E-state index contributed by atoms with van der Waals surface area (Å²) >= 11 is 0. The molecule has 82 valence electrons. The van der Waals surface area contributed by atoms with Gasteiger partial charge in [-0.3, -0.25) is 9.59 Å². The molecule has 0 aromatic carbocycles. The zero-order valence-electron chi connectivity index (χ0n) is 8.62. The van der Waals surface area contributed by atoms with Gasteiger partial charge in [0.15, 0.2) is 0 Å². The minimum absolute atomic E-state index is 0.135. The second-order valence-corrected chi connectivity index (χ2v) is 3.34. The minimum Gasteiger partial charge on any atom is -0.480 e. The maximum atomic E-state index is 11.3. The Morgan fingerprint density at radius 1 is 1.50 bits per heavy atom. The molecule has 5 heteroatoms. The van der Waals surface area contributed by atoms with Crippen LogP contribution in [0.15, 0.2) is 0 Å². The summed E-state index contributed by atoms with van der Waals surface area (Å²) < 4.78 is 0. The molecule has 0 aromatic heterocycles. The van der Waals surface area contributed by atoms with Crippen molar-refractivity contribution in [3.05, 3.63) is 0 Å². The molecule has 1 amide bonds. The van der Waals surface area contributed by atoms with E-state index in [1.807, 2.05) is 6.92 Å². The van der Waals surface area contributed by atoms with Gasteiger partial charge in [-0.2, -0.15) is 0 Å². The zero-order chi connectivity index (χ0) is 11.1. The van der Waals surface area contributed by atoms with E-state index in [1.54, 1.807) is 0 Å². The fraction of sp³-hybridized carbons (Fsp3) is 0.778. The maximum Gasteiger partial charge on any atom is 0.325 e. The highest BCUT2D eigenvalue weighted by atomic mass is 16.4. The average Bonchev–Trinajstić information content (AvgIpc) is 2.13. The first-order valence-corrected chi connectivity index (χ1v) is 4.73. The third-order valence-electron chi connectivity index (χ3n) is 2.13. The van der Waals surface area contributed by atoms with E-state index in [0.717, 1.165) is 6.42 Å². The van der Waals surface area contributed by atoms with Crippen molar-refractivity contribution in [1.82, 2.24) is 5.32 Å². The molecule has 0 aliphatic heterocycles. The Morgan fingerprint density at radius 2 is 2.07 bits per heavy atom. The number of carbonyl (C=O) groups excluding carboxylic acids is 1. The molecule has 0 fully saturated rings. The van der Waals surface area contributed by atoms with Gasteiger partial charge >= 0.3 is 5.97 Å². The Labute approximate surface area is 83.7 Å². The lowest BCUT2D eigenvalue weighted by Gasteiger charge is -2.13. The fourth-order valence-corrected chi connectivity index (χ4v) is 1.02. The topological polar surface area (TPSA) is 92.4 Å².